The second kappa shape index (κ2) is 2.54. The normalized spacial score (nSPS) is 13.5. The molecule has 1 aliphatic carbocycles. The van der Waals surface area contributed by atoms with Crippen LogP contribution in [0.3, 0.4) is 0 Å². The van der Waals surface area contributed by atoms with Gasteiger partial charge in [-0.25, -0.2) is 0 Å². The summed E-state index contributed by atoms with van der Waals surface area (Å²) in [6.45, 7) is 2.20. The molecule has 0 atom stereocenters. The number of rotatable bonds is 1. The molecule has 11 heavy (non-hydrogen) atoms. The summed E-state index contributed by atoms with van der Waals surface area (Å²) in [7, 11) is 0. The van der Waals surface area contributed by atoms with Crippen LogP contribution in [0.15, 0.2) is 24.3 Å². The molecule has 0 saturated heterocycles. The van der Waals surface area contributed by atoms with E-state index < -0.39 is 0 Å². The van der Waals surface area contributed by atoms with Crippen LogP contribution >= 0.6 is 0 Å². The summed E-state index contributed by atoms with van der Waals surface area (Å²) in [5, 5.41) is 0. The van der Waals surface area contributed by atoms with Gasteiger partial charge in [0, 0.05) is 0 Å². The Labute approximate surface area is 67.6 Å². The first-order chi connectivity index (χ1) is 5.40. The van der Waals surface area contributed by atoms with Crippen LogP contribution in [-0.2, 0) is 12.8 Å². The van der Waals surface area contributed by atoms with Crippen LogP contribution < -0.4 is 0 Å². The molecule has 0 amide bonds. The van der Waals surface area contributed by atoms with Crippen molar-refractivity contribution >= 4 is 6.08 Å². The van der Waals surface area contributed by atoms with E-state index >= 15 is 0 Å². The van der Waals surface area contributed by atoms with E-state index in [0.29, 0.717) is 0 Å². The van der Waals surface area contributed by atoms with Crippen LogP contribution in [0.4, 0.5) is 0 Å². The molecule has 1 aliphatic rings. The van der Waals surface area contributed by atoms with Crippen molar-refractivity contribution in [3.8, 4) is 0 Å². The van der Waals surface area contributed by atoms with Crippen molar-refractivity contribution in [3.05, 3.63) is 41.0 Å². The molecule has 0 spiro atoms. The summed E-state index contributed by atoms with van der Waals surface area (Å²) < 4.78 is 0. The zero-order chi connectivity index (χ0) is 7.68. The lowest BCUT2D eigenvalue weighted by Gasteiger charge is -2.00. The summed E-state index contributed by atoms with van der Waals surface area (Å²) >= 11 is 0. The Morgan fingerprint density at radius 2 is 2.27 bits per heavy atom. The van der Waals surface area contributed by atoms with Gasteiger partial charge in [-0.15, -0.1) is 0 Å². The summed E-state index contributed by atoms with van der Waals surface area (Å²) in [6.07, 6.45) is 6.70. The predicted molar refractivity (Wildman–Crippen MR) is 48.6 cm³/mol. The average molecular weight is 144 g/mol. The number of allylic oxidation sites excluding steroid dienone is 1. The zero-order valence-electron chi connectivity index (χ0n) is 6.80. The fraction of sp³-hybridized carbons (Fsp3) is 0.273. The molecule has 0 bridgehead atoms. The maximum Gasteiger partial charge on any atom is -0.00881 e. The monoisotopic (exact) mass is 144 g/mol. The maximum atomic E-state index is 2.31. The maximum absolute atomic E-state index is 2.31. The Hall–Kier alpha value is -1.04. The van der Waals surface area contributed by atoms with Crippen molar-refractivity contribution in [1.82, 2.24) is 0 Å². The molecule has 0 radical (unpaired) electrons. The van der Waals surface area contributed by atoms with Gasteiger partial charge in [0.15, 0.2) is 0 Å². The quantitative estimate of drug-likeness (QED) is 0.568. The number of hydrogen-bond acceptors (Lipinski definition) is 0. The van der Waals surface area contributed by atoms with Crippen molar-refractivity contribution in [2.45, 2.75) is 19.8 Å². The molecule has 1 aromatic carbocycles. The van der Waals surface area contributed by atoms with E-state index in [1.807, 2.05) is 0 Å². The Morgan fingerprint density at radius 3 is 3.09 bits per heavy atom. The van der Waals surface area contributed by atoms with Crippen LogP contribution in [0.25, 0.3) is 6.08 Å². The molecule has 0 nitrogen and oxygen atoms in total. The number of benzene rings is 1. The summed E-state index contributed by atoms with van der Waals surface area (Å²) in [5.74, 6) is 0. The highest BCUT2D eigenvalue weighted by Crippen LogP contribution is 2.20. The minimum absolute atomic E-state index is 1.13. The summed E-state index contributed by atoms with van der Waals surface area (Å²) in [4.78, 5) is 0. The second-order valence-corrected chi connectivity index (χ2v) is 2.99. The van der Waals surface area contributed by atoms with Crippen LogP contribution in [0.2, 0.25) is 0 Å². The third kappa shape index (κ3) is 1.09. The van der Waals surface area contributed by atoms with Crippen LogP contribution in [0.1, 0.15) is 23.6 Å². The molecule has 0 aliphatic heterocycles. The first-order valence-electron chi connectivity index (χ1n) is 4.18. The van der Waals surface area contributed by atoms with E-state index in [0.717, 1.165) is 12.8 Å². The lowest BCUT2D eigenvalue weighted by molar-refractivity contribution is 1.12. The smallest absolute Gasteiger partial charge is 0.00881 e. The van der Waals surface area contributed by atoms with Crippen molar-refractivity contribution < 1.29 is 0 Å². The standard InChI is InChI=1S/C11H12/c1-2-9-6-7-10-4-3-5-11(10)8-9/h3-4,6-8H,2,5H2,1H3. The van der Waals surface area contributed by atoms with E-state index in [-0.39, 0.29) is 0 Å². The van der Waals surface area contributed by atoms with Gasteiger partial charge in [-0.1, -0.05) is 37.3 Å². The van der Waals surface area contributed by atoms with Gasteiger partial charge in [-0.3, -0.25) is 0 Å². The third-order valence-corrected chi connectivity index (χ3v) is 2.25. The molecule has 0 aromatic heterocycles. The van der Waals surface area contributed by atoms with Gasteiger partial charge in [0.2, 0.25) is 0 Å². The van der Waals surface area contributed by atoms with Gasteiger partial charge in [0.05, 0.1) is 0 Å². The molecular formula is C11H12. The highest BCUT2D eigenvalue weighted by molar-refractivity contribution is 5.60. The molecule has 0 unspecified atom stereocenters. The molecule has 0 N–H and O–H groups in total. The van der Waals surface area contributed by atoms with Crippen LogP contribution in [0.5, 0.6) is 0 Å². The predicted octanol–water partition coefficient (Wildman–Crippen LogP) is 2.82. The van der Waals surface area contributed by atoms with E-state index in [2.05, 4.69) is 37.3 Å². The minimum Gasteiger partial charge on any atom is -0.0795 e. The highest BCUT2D eigenvalue weighted by Gasteiger charge is 2.03. The molecule has 56 valence electrons. The van der Waals surface area contributed by atoms with Crippen molar-refractivity contribution in [3.63, 3.8) is 0 Å². The van der Waals surface area contributed by atoms with Crippen LogP contribution in [-0.4, -0.2) is 0 Å². The third-order valence-electron chi connectivity index (χ3n) is 2.25. The Kier molecular flexibility index (Phi) is 1.54. The van der Waals surface area contributed by atoms with E-state index in [4.69, 9.17) is 0 Å². The highest BCUT2D eigenvalue weighted by atomic mass is 14.1. The van der Waals surface area contributed by atoms with Crippen molar-refractivity contribution in [1.29, 1.82) is 0 Å². The summed E-state index contributed by atoms with van der Waals surface area (Å²) in [5.41, 5.74) is 4.35. The average Bonchev–Trinajstić information content (AvgIpc) is 2.50. The first-order valence-corrected chi connectivity index (χ1v) is 4.18. The number of aryl methyl sites for hydroxylation is 1. The molecule has 1 aromatic rings. The molecule has 0 saturated carbocycles. The Bertz CT molecular complexity index is 295. The molecule has 0 heteroatoms. The van der Waals surface area contributed by atoms with Gasteiger partial charge >= 0.3 is 0 Å². The lowest BCUT2D eigenvalue weighted by atomic mass is 10.0. The SMILES string of the molecule is CCc1ccc2c(c1)CC=C2. The van der Waals surface area contributed by atoms with Gasteiger partial charge in [-0.2, -0.15) is 0 Å². The van der Waals surface area contributed by atoms with Gasteiger partial charge < -0.3 is 0 Å². The number of hydrogen-bond donors (Lipinski definition) is 0. The van der Waals surface area contributed by atoms with Gasteiger partial charge in [-0.05, 0) is 29.5 Å². The second-order valence-electron chi connectivity index (χ2n) is 2.99. The first kappa shape index (κ1) is 6.66. The molecule has 0 heterocycles. The summed E-state index contributed by atoms with van der Waals surface area (Å²) in [6, 6.07) is 6.75. The van der Waals surface area contributed by atoms with Crippen molar-refractivity contribution in [2.75, 3.05) is 0 Å². The topological polar surface area (TPSA) is 0 Å². The molecule has 0 fully saturated rings. The van der Waals surface area contributed by atoms with E-state index in [1.165, 1.54) is 16.7 Å². The number of fused-ring (bicyclic) bond motifs is 1. The minimum atomic E-state index is 1.13. The molecule has 2 rings (SSSR count). The molecular weight excluding hydrogens is 132 g/mol. The van der Waals surface area contributed by atoms with Gasteiger partial charge in [0.1, 0.15) is 0 Å². The van der Waals surface area contributed by atoms with Crippen molar-refractivity contribution in [2.24, 2.45) is 0 Å². The zero-order valence-corrected chi connectivity index (χ0v) is 6.80. The van der Waals surface area contributed by atoms with E-state index in [9.17, 15) is 0 Å². The van der Waals surface area contributed by atoms with E-state index in [1.54, 1.807) is 0 Å². The fourth-order valence-corrected chi connectivity index (χ4v) is 1.53. The fourth-order valence-electron chi connectivity index (χ4n) is 1.53. The largest absolute Gasteiger partial charge is 0.0795 e. The van der Waals surface area contributed by atoms with Gasteiger partial charge in [0.25, 0.3) is 0 Å². The lowest BCUT2D eigenvalue weighted by Crippen LogP contribution is -1.85. The Morgan fingerprint density at radius 1 is 1.36 bits per heavy atom. The van der Waals surface area contributed by atoms with Crippen LogP contribution in [0, 0.1) is 0 Å². The Balaban J connectivity index is 2.45.